The summed E-state index contributed by atoms with van der Waals surface area (Å²) in [5.41, 5.74) is 8.34. The summed E-state index contributed by atoms with van der Waals surface area (Å²) in [4.78, 5) is 2.42. The molecule has 0 radical (unpaired) electrons. The number of rotatable bonds is 4. The molecule has 2 N–H and O–H groups in total. The summed E-state index contributed by atoms with van der Waals surface area (Å²) in [5, 5.41) is 2.58. The Morgan fingerprint density at radius 1 is 1.06 bits per heavy atom. The number of nitrogens with two attached hydrogens (primary N) is 1. The van der Waals surface area contributed by atoms with E-state index in [1.165, 1.54) is 22.0 Å². The van der Waals surface area contributed by atoms with Crippen molar-refractivity contribution in [3.8, 4) is 0 Å². The zero-order valence-electron chi connectivity index (χ0n) is 11.5. The highest BCUT2D eigenvalue weighted by atomic mass is 15.1. The first-order chi connectivity index (χ1) is 8.69. The van der Waals surface area contributed by atoms with E-state index in [1.807, 2.05) is 0 Å². The van der Waals surface area contributed by atoms with Crippen LogP contribution in [0.4, 0.5) is 5.69 Å². The minimum atomic E-state index is 0.502. The summed E-state index contributed by atoms with van der Waals surface area (Å²) < 4.78 is 0. The standard InChI is InChI=1S/C16H22N2/c1-4-18(12(2)3)16-10-9-13(11-17)14-7-5-6-8-15(14)16/h5-10,12H,4,11,17H2,1-3H3. The third-order valence-electron chi connectivity index (χ3n) is 3.48. The third-order valence-corrected chi connectivity index (χ3v) is 3.48. The molecule has 2 aromatic rings. The molecule has 2 rings (SSSR count). The average Bonchev–Trinajstić information content (AvgIpc) is 2.39. The van der Waals surface area contributed by atoms with Crippen LogP contribution >= 0.6 is 0 Å². The predicted molar refractivity (Wildman–Crippen MR) is 80.0 cm³/mol. The second-order valence-corrected chi connectivity index (χ2v) is 4.87. The van der Waals surface area contributed by atoms with Gasteiger partial charge in [-0.1, -0.05) is 30.3 Å². The molecule has 0 aliphatic carbocycles. The maximum atomic E-state index is 5.82. The van der Waals surface area contributed by atoms with Crippen LogP contribution in [0.1, 0.15) is 26.3 Å². The maximum Gasteiger partial charge on any atom is 0.0448 e. The van der Waals surface area contributed by atoms with Crippen LogP contribution in [-0.4, -0.2) is 12.6 Å². The van der Waals surface area contributed by atoms with Gasteiger partial charge in [-0.25, -0.2) is 0 Å². The van der Waals surface area contributed by atoms with Crippen molar-refractivity contribution in [3.05, 3.63) is 42.0 Å². The van der Waals surface area contributed by atoms with E-state index in [4.69, 9.17) is 5.73 Å². The topological polar surface area (TPSA) is 29.3 Å². The second-order valence-electron chi connectivity index (χ2n) is 4.87. The zero-order chi connectivity index (χ0) is 13.1. The molecule has 2 nitrogen and oxygen atoms in total. The molecular weight excluding hydrogens is 220 g/mol. The highest BCUT2D eigenvalue weighted by molar-refractivity contribution is 5.96. The molecule has 0 spiro atoms. The average molecular weight is 242 g/mol. The van der Waals surface area contributed by atoms with Gasteiger partial charge in [0.15, 0.2) is 0 Å². The van der Waals surface area contributed by atoms with Gasteiger partial charge in [0.1, 0.15) is 0 Å². The maximum absolute atomic E-state index is 5.82. The molecule has 0 aromatic heterocycles. The first kappa shape index (κ1) is 12.9. The number of hydrogen-bond donors (Lipinski definition) is 1. The van der Waals surface area contributed by atoms with Crippen LogP contribution in [0.3, 0.4) is 0 Å². The molecule has 0 bridgehead atoms. The van der Waals surface area contributed by atoms with Gasteiger partial charge in [-0.3, -0.25) is 0 Å². The van der Waals surface area contributed by atoms with E-state index < -0.39 is 0 Å². The largest absolute Gasteiger partial charge is 0.369 e. The van der Waals surface area contributed by atoms with E-state index in [-0.39, 0.29) is 0 Å². The third kappa shape index (κ3) is 2.21. The highest BCUT2D eigenvalue weighted by Crippen LogP contribution is 2.30. The monoisotopic (exact) mass is 242 g/mol. The molecular formula is C16H22N2. The minimum absolute atomic E-state index is 0.502. The van der Waals surface area contributed by atoms with Crippen molar-refractivity contribution in [1.29, 1.82) is 0 Å². The normalized spacial score (nSPS) is 11.2. The van der Waals surface area contributed by atoms with Gasteiger partial charge in [0.2, 0.25) is 0 Å². The lowest BCUT2D eigenvalue weighted by Crippen LogP contribution is -2.30. The van der Waals surface area contributed by atoms with Gasteiger partial charge in [0.05, 0.1) is 0 Å². The molecule has 0 atom stereocenters. The van der Waals surface area contributed by atoms with E-state index in [0.717, 1.165) is 6.54 Å². The Balaban J connectivity index is 2.65. The Morgan fingerprint density at radius 3 is 2.28 bits per heavy atom. The predicted octanol–water partition coefficient (Wildman–Crippen LogP) is 3.53. The minimum Gasteiger partial charge on any atom is -0.369 e. The molecule has 0 fully saturated rings. The summed E-state index contributed by atoms with van der Waals surface area (Å²) in [5.74, 6) is 0. The van der Waals surface area contributed by atoms with Crippen LogP contribution in [0.5, 0.6) is 0 Å². The van der Waals surface area contributed by atoms with E-state index in [2.05, 4.69) is 62.1 Å². The number of fused-ring (bicyclic) bond motifs is 1. The van der Waals surface area contributed by atoms with E-state index in [1.54, 1.807) is 0 Å². The molecule has 0 heterocycles. The summed E-state index contributed by atoms with van der Waals surface area (Å²) in [6.07, 6.45) is 0. The van der Waals surface area contributed by atoms with E-state index >= 15 is 0 Å². The molecule has 0 saturated carbocycles. The van der Waals surface area contributed by atoms with Crippen LogP contribution in [0.25, 0.3) is 10.8 Å². The molecule has 0 amide bonds. The lowest BCUT2D eigenvalue weighted by molar-refractivity contribution is 0.706. The molecule has 18 heavy (non-hydrogen) atoms. The van der Waals surface area contributed by atoms with Crippen LogP contribution in [0.2, 0.25) is 0 Å². The Hall–Kier alpha value is -1.54. The summed E-state index contributed by atoms with van der Waals surface area (Å²) in [7, 11) is 0. The van der Waals surface area contributed by atoms with Gasteiger partial charge in [0, 0.05) is 30.2 Å². The molecule has 2 aromatic carbocycles. The summed E-state index contributed by atoms with van der Waals surface area (Å²) in [6, 6.07) is 13.4. The van der Waals surface area contributed by atoms with Crippen molar-refractivity contribution < 1.29 is 0 Å². The highest BCUT2D eigenvalue weighted by Gasteiger charge is 2.12. The zero-order valence-corrected chi connectivity index (χ0v) is 11.5. The van der Waals surface area contributed by atoms with Crippen molar-refractivity contribution in [3.63, 3.8) is 0 Å². The van der Waals surface area contributed by atoms with E-state index in [0.29, 0.717) is 12.6 Å². The van der Waals surface area contributed by atoms with Crippen molar-refractivity contribution in [2.75, 3.05) is 11.4 Å². The SMILES string of the molecule is CCN(c1ccc(CN)c2ccccc12)C(C)C. The molecule has 96 valence electrons. The van der Waals surface area contributed by atoms with Gasteiger partial charge in [-0.2, -0.15) is 0 Å². The Bertz CT molecular complexity index is 532. The van der Waals surface area contributed by atoms with Crippen molar-refractivity contribution in [1.82, 2.24) is 0 Å². The molecule has 0 unspecified atom stereocenters. The number of hydrogen-bond acceptors (Lipinski definition) is 2. The molecule has 0 saturated heterocycles. The van der Waals surface area contributed by atoms with Crippen molar-refractivity contribution in [2.24, 2.45) is 5.73 Å². The van der Waals surface area contributed by atoms with Crippen LogP contribution < -0.4 is 10.6 Å². The fourth-order valence-electron chi connectivity index (χ4n) is 2.59. The van der Waals surface area contributed by atoms with Gasteiger partial charge < -0.3 is 10.6 Å². The first-order valence-corrected chi connectivity index (χ1v) is 6.66. The van der Waals surface area contributed by atoms with Crippen LogP contribution in [0.15, 0.2) is 36.4 Å². The smallest absolute Gasteiger partial charge is 0.0448 e. The number of anilines is 1. The van der Waals surface area contributed by atoms with Crippen molar-refractivity contribution in [2.45, 2.75) is 33.4 Å². The first-order valence-electron chi connectivity index (χ1n) is 6.66. The van der Waals surface area contributed by atoms with Crippen molar-refractivity contribution >= 4 is 16.5 Å². The number of nitrogens with zero attached hydrogens (tertiary/aromatic N) is 1. The molecule has 0 aliphatic heterocycles. The Morgan fingerprint density at radius 2 is 1.72 bits per heavy atom. The Kier molecular flexibility index (Phi) is 3.87. The number of benzene rings is 2. The second kappa shape index (κ2) is 5.40. The lowest BCUT2D eigenvalue weighted by Gasteiger charge is -2.29. The molecule has 2 heteroatoms. The fourth-order valence-corrected chi connectivity index (χ4v) is 2.59. The van der Waals surface area contributed by atoms with Crippen LogP contribution in [0, 0.1) is 0 Å². The van der Waals surface area contributed by atoms with Gasteiger partial charge >= 0.3 is 0 Å². The summed E-state index contributed by atoms with van der Waals surface area (Å²) in [6.45, 7) is 8.27. The summed E-state index contributed by atoms with van der Waals surface area (Å²) >= 11 is 0. The fraction of sp³-hybridized carbons (Fsp3) is 0.375. The quantitative estimate of drug-likeness (QED) is 0.888. The van der Waals surface area contributed by atoms with Gasteiger partial charge in [-0.05, 0) is 37.8 Å². The Labute approximate surface area is 109 Å². The van der Waals surface area contributed by atoms with Gasteiger partial charge in [0.25, 0.3) is 0 Å². The molecule has 0 aliphatic rings. The lowest BCUT2D eigenvalue weighted by atomic mass is 10.0. The van der Waals surface area contributed by atoms with Crippen LogP contribution in [-0.2, 0) is 6.54 Å². The van der Waals surface area contributed by atoms with E-state index in [9.17, 15) is 0 Å². The van der Waals surface area contributed by atoms with Gasteiger partial charge in [-0.15, -0.1) is 0 Å².